The van der Waals surface area contributed by atoms with Crippen LogP contribution in [0.1, 0.15) is 19.8 Å². The van der Waals surface area contributed by atoms with Crippen molar-refractivity contribution >= 4 is 5.84 Å². The zero-order valence-corrected chi connectivity index (χ0v) is 17.7. The molecule has 3 aliphatic rings. The molecule has 3 heterocycles. The van der Waals surface area contributed by atoms with Crippen molar-refractivity contribution in [1.29, 1.82) is 5.26 Å². The number of likely N-dealkylation sites (N-methyl/N-ethyl adjacent to an activating group) is 1. The van der Waals surface area contributed by atoms with Crippen LogP contribution in [0.4, 0.5) is 13.2 Å². The first-order valence-electron chi connectivity index (χ1n) is 10.4. The molecule has 166 valence electrons. The lowest BCUT2D eigenvalue weighted by Gasteiger charge is -2.48. The highest BCUT2D eigenvalue weighted by Gasteiger charge is 2.42. The Hall–Kier alpha value is -2.05. The van der Waals surface area contributed by atoms with E-state index in [0.29, 0.717) is 37.9 Å². The summed E-state index contributed by atoms with van der Waals surface area (Å²) in [5, 5.41) is 9.41. The van der Waals surface area contributed by atoms with Crippen LogP contribution in [0, 0.1) is 16.7 Å². The topological polar surface area (TPSA) is 55.1 Å². The predicted molar refractivity (Wildman–Crippen MR) is 109 cm³/mol. The van der Waals surface area contributed by atoms with Crippen LogP contribution in [0.2, 0.25) is 0 Å². The highest BCUT2D eigenvalue weighted by atomic mass is 19.4. The van der Waals surface area contributed by atoms with Crippen LogP contribution in [0.5, 0.6) is 0 Å². The third-order valence-electron chi connectivity index (χ3n) is 6.42. The fourth-order valence-electron chi connectivity index (χ4n) is 4.03. The Morgan fingerprint density at radius 3 is 2.40 bits per heavy atom. The van der Waals surface area contributed by atoms with Crippen LogP contribution in [0.25, 0.3) is 0 Å². The lowest BCUT2D eigenvalue weighted by atomic mass is 9.77. The molecule has 0 aromatic rings. The molecule has 0 aliphatic carbocycles. The largest absolute Gasteiger partial charge is 0.408 e. The molecule has 0 radical (unpaired) electrons. The summed E-state index contributed by atoms with van der Waals surface area (Å²) in [5.74, 6) is 0.279. The molecule has 3 saturated heterocycles. The summed E-state index contributed by atoms with van der Waals surface area (Å²) in [6, 6.07) is 2.41. The third-order valence-corrected chi connectivity index (χ3v) is 6.42. The molecule has 0 saturated carbocycles. The van der Waals surface area contributed by atoms with Gasteiger partial charge in [0, 0.05) is 43.7 Å². The summed E-state index contributed by atoms with van der Waals surface area (Å²) in [5.41, 5.74) is 0.976. The molecule has 6 nitrogen and oxygen atoms in total. The lowest BCUT2D eigenvalue weighted by molar-refractivity contribution is -0.134. The number of rotatable bonds is 6. The van der Waals surface area contributed by atoms with Crippen molar-refractivity contribution in [3.05, 3.63) is 23.9 Å². The van der Waals surface area contributed by atoms with Crippen molar-refractivity contribution in [3.63, 3.8) is 0 Å². The molecule has 9 heteroatoms. The van der Waals surface area contributed by atoms with Crippen molar-refractivity contribution in [2.24, 2.45) is 10.4 Å². The van der Waals surface area contributed by atoms with E-state index in [4.69, 9.17) is 4.74 Å². The van der Waals surface area contributed by atoms with Gasteiger partial charge in [-0.25, -0.2) is 0 Å². The molecule has 0 amide bonds. The highest BCUT2D eigenvalue weighted by Crippen LogP contribution is 2.38. The van der Waals surface area contributed by atoms with Crippen molar-refractivity contribution in [3.8, 4) is 6.07 Å². The minimum absolute atomic E-state index is 0.170. The van der Waals surface area contributed by atoms with E-state index >= 15 is 0 Å². The number of allylic oxidation sites excluding steroid dienone is 1. The van der Waals surface area contributed by atoms with Gasteiger partial charge >= 0.3 is 6.18 Å². The number of aliphatic imine (C=N–C) groups is 1. The van der Waals surface area contributed by atoms with E-state index in [1.165, 1.54) is 0 Å². The second-order valence-electron chi connectivity index (χ2n) is 8.52. The highest BCUT2D eigenvalue weighted by molar-refractivity contribution is 5.94. The van der Waals surface area contributed by atoms with Gasteiger partial charge in [-0.05, 0) is 26.4 Å². The Balaban J connectivity index is 1.80. The van der Waals surface area contributed by atoms with Crippen LogP contribution >= 0.6 is 0 Å². The summed E-state index contributed by atoms with van der Waals surface area (Å²) in [6.45, 7) is 9.70. The number of ether oxygens (including phenoxy) is 1. The molecule has 0 aromatic carbocycles. The molecule has 3 fully saturated rings. The molecule has 0 N–H and O–H groups in total. The van der Waals surface area contributed by atoms with Crippen molar-refractivity contribution in [2.45, 2.75) is 32.0 Å². The Morgan fingerprint density at radius 2 is 1.93 bits per heavy atom. The number of halogens is 3. The number of alkyl halides is 3. The maximum atomic E-state index is 12.9. The Bertz CT molecular complexity index is 735. The number of piperidine rings is 1. The molecule has 0 aromatic heterocycles. The van der Waals surface area contributed by atoms with Crippen LogP contribution < -0.4 is 0 Å². The van der Waals surface area contributed by atoms with Crippen molar-refractivity contribution < 1.29 is 17.9 Å². The maximum absolute atomic E-state index is 12.9. The van der Waals surface area contributed by atoms with Crippen molar-refractivity contribution in [1.82, 2.24) is 14.7 Å². The molecule has 1 spiro atoms. The number of hydrogen-bond donors (Lipinski definition) is 0. The van der Waals surface area contributed by atoms with Crippen LogP contribution in [0.3, 0.4) is 0 Å². The Morgan fingerprint density at radius 1 is 1.30 bits per heavy atom. The number of nitrogens with zero attached hydrogens (tertiary/aromatic N) is 5. The molecule has 3 aliphatic heterocycles. The van der Waals surface area contributed by atoms with Crippen LogP contribution in [0.15, 0.2) is 28.9 Å². The van der Waals surface area contributed by atoms with E-state index in [1.807, 2.05) is 16.8 Å². The number of amidine groups is 1. The monoisotopic (exact) mass is 425 g/mol. The van der Waals surface area contributed by atoms with Gasteiger partial charge in [0.15, 0.2) is 0 Å². The van der Waals surface area contributed by atoms with Gasteiger partial charge in [-0.2, -0.15) is 18.4 Å². The van der Waals surface area contributed by atoms with Gasteiger partial charge < -0.3 is 19.4 Å². The van der Waals surface area contributed by atoms with Gasteiger partial charge in [0.1, 0.15) is 18.4 Å². The molecule has 0 unspecified atom stereocenters. The predicted octanol–water partition coefficient (Wildman–Crippen LogP) is 2.66. The summed E-state index contributed by atoms with van der Waals surface area (Å²) in [4.78, 5) is 10.0. The van der Waals surface area contributed by atoms with Gasteiger partial charge in [-0.3, -0.25) is 4.99 Å². The zero-order valence-electron chi connectivity index (χ0n) is 17.7. The van der Waals surface area contributed by atoms with E-state index < -0.39 is 12.7 Å². The minimum Gasteiger partial charge on any atom is -0.380 e. The average molecular weight is 425 g/mol. The zero-order chi connectivity index (χ0) is 21.9. The van der Waals surface area contributed by atoms with E-state index in [9.17, 15) is 18.4 Å². The van der Waals surface area contributed by atoms with Gasteiger partial charge in [0.2, 0.25) is 0 Å². The quantitative estimate of drug-likeness (QED) is 0.283. The van der Waals surface area contributed by atoms with E-state index in [1.54, 1.807) is 6.08 Å². The SMILES string of the molecule is C=C(C#N)/C(=C\C(=NCC(F)(F)F)N1CCC2(CC1)COC2)N1CC(N(C)CC)C1. The second-order valence-corrected chi connectivity index (χ2v) is 8.52. The van der Waals surface area contributed by atoms with Crippen molar-refractivity contribution in [2.75, 3.05) is 59.5 Å². The minimum atomic E-state index is -4.38. The number of nitriles is 1. The Kier molecular flexibility index (Phi) is 6.78. The molecule has 3 rings (SSSR count). The molecule has 30 heavy (non-hydrogen) atoms. The van der Waals surface area contributed by atoms with E-state index in [2.05, 4.69) is 29.5 Å². The van der Waals surface area contributed by atoms with E-state index in [0.717, 1.165) is 32.6 Å². The fraction of sp³-hybridized carbons (Fsp3) is 0.714. The molecular weight excluding hydrogens is 395 g/mol. The first-order chi connectivity index (χ1) is 14.2. The van der Waals surface area contributed by atoms with Crippen LogP contribution in [-0.2, 0) is 4.74 Å². The second kappa shape index (κ2) is 8.98. The summed E-state index contributed by atoms with van der Waals surface area (Å²) in [7, 11) is 2.04. The van der Waals surface area contributed by atoms with E-state index in [-0.39, 0.29) is 16.8 Å². The van der Waals surface area contributed by atoms with Gasteiger partial charge in [-0.1, -0.05) is 13.5 Å². The first-order valence-corrected chi connectivity index (χ1v) is 10.4. The Labute approximate surface area is 176 Å². The molecule has 0 atom stereocenters. The standard InChI is InChI=1S/C21H30F3N5O/c1-4-27(3)17-11-29(12-17)18(16(2)10-25)9-19(26-13-21(22,23)24)28-7-5-20(6-8-28)14-30-15-20/h9,17H,2,4-8,11-15H2,1,3H3/b18-9+,26-19?. The van der Waals surface area contributed by atoms with Crippen LogP contribution in [-0.4, -0.2) is 92.3 Å². The molecule has 0 bridgehead atoms. The average Bonchev–Trinajstić information content (AvgIpc) is 2.65. The smallest absolute Gasteiger partial charge is 0.380 e. The van der Waals surface area contributed by atoms with Gasteiger partial charge in [0.25, 0.3) is 0 Å². The maximum Gasteiger partial charge on any atom is 0.408 e. The first kappa shape index (κ1) is 22.6. The number of likely N-dealkylation sites (tertiary alicyclic amines) is 2. The van der Waals surface area contributed by atoms with Gasteiger partial charge in [0.05, 0.1) is 24.5 Å². The summed E-state index contributed by atoms with van der Waals surface area (Å²) >= 11 is 0. The summed E-state index contributed by atoms with van der Waals surface area (Å²) in [6.07, 6.45) is -1.02. The fourth-order valence-corrected chi connectivity index (χ4v) is 4.03. The third kappa shape index (κ3) is 5.16. The summed E-state index contributed by atoms with van der Waals surface area (Å²) < 4.78 is 44.0. The molecular formula is C21H30F3N5O. The van der Waals surface area contributed by atoms with Gasteiger partial charge in [-0.15, -0.1) is 0 Å². The normalized spacial score (nSPS) is 22.7. The number of hydrogen-bond acceptors (Lipinski definition) is 5. The lowest BCUT2D eigenvalue weighted by Crippen LogP contribution is -2.58.